The van der Waals surface area contributed by atoms with Crippen molar-refractivity contribution < 1.29 is 4.79 Å². The van der Waals surface area contributed by atoms with Gasteiger partial charge in [0.15, 0.2) is 4.84 Å². The van der Waals surface area contributed by atoms with E-state index < -0.39 is 4.84 Å². The Bertz CT molecular complexity index is 474. The van der Waals surface area contributed by atoms with Crippen molar-refractivity contribution in [2.75, 3.05) is 4.90 Å². The fraction of sp³-hybridized carbons (Fsp3) is 0.0714. The molecule has 92 valence electrons. The van der Waals surface area contributed by atoms with Gasteiger partial charge in [0.25, 0.3) is 5.91 Å². The summed E-state index contributed by atoms with van der Waals surface area (Å²) in [5.41, 5.74) is 1.47. The molecule has 0 heterocycles. The van der Waals surface area contributed by atoms with Crippen LogP contribution in [0.3, 0.4) is 0 Å². The van der Waals surface area contributed by atoms with E-state index in [2.05, 4.69) is 0 Å². The molecule has 2 rings (SSSR count). The van der Waals surface area contributed by atoms with Gasteiger partial charge in [-0.3, -0.25) is 9.69 Å². The number of halogens is 2. The highest BCUT2D eigenvalue weighted by molar-refractivity contribution is 6.55. The van der Waals surface area contributed by atoms with Crippen molar-refractivity contribution in [1.82, 2.24) is 0 Å². The first-order valence-corrected chi connectivity index (χ1v) is 6.29. The lowest BCUT2D eigenvalue weighted by Crippen LogP contribution is -2.30. The summed E-state index contributed by atoms with van der Waals surface area (Å²) in [6.07, 6.45) is 0. The molecule has 0 atom stereocenters. The Balaban J connectivity index is 2.45. The lowest BCUT2D eigenvalue weighted by molar-refractivity contribution is -0.116. The topological polar surface area (TPSA) is 20.3 Å². The molecular weight excluding hydrogens is 269 g/mol. The minimum absolute atomic E-state index is 0.365. The summed E-state index contributed by atoms with van der Waals surface area (Å²) in [4.78, 5) is 12.5. The van der Waals surface area contributed by atoms with E-state index in [-0.39, 0.29) is 5.91 Å². The molecule has 18 heavy (non-hydrogen) atoms. The van der Waals surface area contributed by atoms with Crippen LogP contribution in [-0.4, -0.2) is 10.7 Å². The van der Waals surface area contributed by atoms with E-state index in [4.69, 9.17) is 23.2 Å². The number of carbonyl (C=O) groups is 1. The molecule has 0 aliphatic heterocycles. The van der Waals surface area contributed by atoms with Gasteiger partial charge in [0, 0.05) is 11.4 Å². The molecule has 0 spiro atoms. The zero-order valence-corrected chi connectivity index (χ0v) is 11.0. The molecule has 2 aromatic carbocycles. The number of alkyl halides is 2. The lowest BCUT2D eigenvalue weighted by Gasteiger charge is -2.23. The molecular formula is C14H11Cl2NO. The summed E-state index contributed by atoms with van der Waals surface area (Å²) in [5.74, 6) is -0.365. The lowest BCUT2D eigenvalue weighted by atomic mass is 10.2. The largest absolute Gasteiger partial charge is 0.279 e. The van der Waals surface area contributed by atoms with Crippen LogP contribution in [0.2, 0.25) is 0 Å². The summed E-state index contributed by atoms with van der Waals surface area (Å²) in [6.45, 7) is 0. The van der Waals surface area contributed by atoms with Crippen molar-refractivity contribution in [3.63, 3.8) is 0 Å². The van der Waals surface area contributed by atoms with E-state index in [1.54, 1.807) is 0 Å². The number of amides is 1. The minimum atomic E-state index is -1.09. The second-order valence-corrected chi connectivity index (χ2v) is 4.74. The van der Waals surface area contributed by atoms with E-state index in [0.717, 1.165) is 11.4 Å². The van der Waals surface area contributed by atoms with Crippen molar-refractivity contribution in [3.05, 3.63) is 60.7 Å². The molecule has 0 aliphatic carbocycles. The van der Waals surface area contributed by atoms with Crippen molar-refractivity contribution in [3.8, 4) is 0 Å². The quantitative estimate of drug-likeness (QED) is 0.773. The first-order valence-electron chi connectivity index (χ1n) is 5.42. The molecule has 2 aromatic rings. The first kappa shape index (κ1) is 12.9. The third-order valence-corrected chi connectivity index (χ3v) is 2.81. The predicted molar refractivity (Wildman–Crippen MR) is 75.5 cm³/mol. The van der Waals surface area contributed by atoms with Crippen LogP contribution in [0, 0.1) is 0 Å². The minimum Gasteiger partial charge on any atom is -0.279 e. The highest BCUT2D eigenvalue weighted by atomic mass is 35.5. The fourth-order valence-corrected chi connectivity index (χ4v) is 1.85. The molecule has 0 saturated heterocycles. The maximum Gasteiger partial charge on any atom is 0.264 e. The molecule has 0 aliphatic rings. The number of rotatable bonds is 3. The molecule has 0 aromatic heterocycles. The van der Waals surface area contributed by atoms with Gasteiger partial charge in [-0.1, -0.05) is 59.6 Å². The van der Waals surface area contributed by atoms with Gasteiger partial charge in [0.2, 0.25) is 0 Å². The van der Waals surface area contributed by atoms with E-state index >= 15 is 0 Å². The second-order valence-electron chi connectivity index (χ2n) is 3.65. The summed E-state index contributed by atoms with van der Waals surface area (Å²) >= 11 is 11.4. The van der Waals surface area contributed by atoms with Gasteiger partial charge >= 0.3 is 0 Å². The van der Waals surface area contributed by atoms with Gasteiger partial charge in [-0.2, -0.15) is 0 Å². The molecule has 1 amide bonds. The number of carbonyl (C=O) groups excluding carboxylic acids is 1. The van der Waals surface area contributed by atoms with Gasteiger partial charge in [0.1, 0.15) is 0 Å². The van der Waals surface area contributed by atoms with Crippen LogP contribution < -0.4 is 4.90 Å². The highest BCUT2D eigenvalue weighted by Crippen LogP contribution is 2.27. The maximum absolute atomic E-state index is 12.1. The number of nitrogens with zero attached hydrogens (tertiary/aromatic N) is 1. The Hall–Kier alpha value is -1.51. The number of hydrogen-bond acceptors (Lipinski definition) is 1. The molecule has 0 fully saturated rings. The van der Waals surface area contributed by atoms with Gasteiger partial charge in [-0.25, -0.2) is 0 Å². The Labute approximate surface area is 116 Å². The van der Waals surface area contributed by atoms with Gasteiger partial charge in [-0.15, -0.1) is 0 Å². The van der Waals surface area contributed by atoms with Crippen molar-refractivity contribution in [1.29, 1.82) is 0 Å². The second kappa shape index (κ2) is 5.89. The third-order valence-electron chi connectivity index (χ3n) is 2.44. The summed E-state index contributed by atoms with van der Waals surface area (Å²) in [6, 6.07) is 18.5. The van der Waals surface area contributed by atoms with Crippen LogP contribution in [0.15, 0.2) is 60.7 Å². The average Bonchev–Trinajstić information content (AvgIpc) is 2.41. The number of anilines is 2. The fourth-order valence-electron chi connectivity index (χ4n) is 1.66. The molecule has 0 unspecified atom stereocenters. The van der Waals surface area contributed by atoms with Crippen LogP contribution >= 0.6 is 23.2 Å². The van der Waals surface area contributed by atoms with Crippen LogP contribution in [0.4, 0.5) is 11.4 Å². The summed E-state index contributed by atoms with van der Waals surface area (Å²) in [5, 5.41) is 0. The SMILES string of the molecule is O=C(C(Cl)Cl)N(c1ccccc1)c1ccccc1. The van der Waals surface area contributed by atoms with Crippen molar-refractivity contribution in [2.45, 2.75) is 4.84 Å². The monoisotopic (exact) mass is 279 g/mol. The summed E-state index contributed by atoms with van der Waals surface area (Å²) < 4.78 is 0. The molecule has 2 nitrogen and oxygen atoms in total. The Morgan fingerprint density at radius 3 is 1.56 bits per heavy atom. The van der Waals surface area contributed by atoms with Crippen molar-refractivity contribution >= 4 is 40.5 Å². The zero-order valence-electron chi connectivity index (χ0n) is 9.46. The molecule has 0 radical (unpaired) electrons. The average molecular weight is 280 g/mol. The van der Waals surface area contributed by atoms with Gasteiger partial charge in [0.05, 0.1) is 0 Å². The van der Waals surface area contributed by atoms with E-state index in [1.807, 2.05) is 60.7 Å². The van der Waals surface area contributed by atoms with Crippen LogP contribution in [0.1, 0.15) is 0 Å². The van der Waals surface area contributed by atoms with Gasteiger partial charge < -0.3 is 0 Å². The third kappa shape index (κ3) is 2.84. The Morgan fingerprint density at radius 1 is 0.833 bits per heavy atom. The predicted octanol–water partition coefficient (Wildman–Crippen LogP) is 4.16. The Kier molecular flexibility index (Phi) is 4.24. The van der Waals surface area contributed by atoms with E-state index in [0.29, 0.717) is 0 Å². The zero-order chi connectivity index (χ0) is 13.0. The van der Waals surface area contributed by atoms with Crippen molar-refractivity contribution in [2.24, 2.45) is 0 Å². The normalized spacial score (nSPS) is 10.4. The van der Waals surface area contributed by atoms with E-state index in [1.165, 1.54) is 4.90 Å². The molecule has 4 heteroatoms. The smallest absolute Gasteiger partial charge is 0.264 e. The van der Waals surface area contributed by atoms with Crippen LogP contribution in [0.5, 0.6) is 0 Å². The highest BCUT2D eigenvalue weighted by Gasteiger charge is 2.23. The molecule has 0 bridgehead atoms. The number of hydrogen-bond donors (Lipinski definition) is 0. The van der Waals surface area contributed by atoms with Crippen LogP contribution in [0.25, 0.3) is 0 Å². The first-order chi connectivity index (χ1) is 8.70. The molecule has 0 saturated carbocycles. The standard InChI is InChI=1S/C14H11Cl2NO/c15-13(16)14(18)17(11-7-3-1-4-8-11)12-9-5-2-6-10-12/h1-10,13H. The van der Waals surface area contributed by atoms with Crippen LogP contribution in [-0.2, 0) is 4.79 Å². The van der Waals surface area contributed by atoms with Gasteiger partial charge in [-0.05, 0) is 24.3 Å². The number of para-hydroxylation sites is 2. The summed E-state index contributed by atoms with van der Waals surface area (Å²) in [7, 11) is 0. The molecule has 0 N–H and O–H groups in total. The Morgan fingerprint density at radius 2 is 1.22 bits per heavy atom. The number of benzene rings is 2. The maximum atomic E-state index is 12.1. The van der Waals surface area contributed by atoms with E-state index in [9.17, 15) is 4.79 Å².